The molecule has 0 spiro atoms. The maximum Gasteiger partial charge on any atom is 0.340 e. The molecular weight excluding hydrogens is 446 g/mol. The number of nitrogens with zero attached hydrogens (tertiary/aromatic N) is 2. The molecule has 2 amide bonds. The van der Waals surface area contributed by atoms with Gasteiger partial charge in [0.05, 0.1) is 18.4 Å². The Hall–Kier alpha value is -4.33. The van der Waals surface area contributed by atoms with Gasteiger partial charge in [0.25, 0.3) is 11.8 Å². The van der Waals surface area contributed by atoms with Crippen LogP contribution in [0.15, 0.2) is 78.9 Å². The van der Waals surface area contributed by atoms with E-state index < -0.39 is 5.97 Å². The molecule has 1 saturated heterocycles. The van der Waals surface area contributed by atoms with E-state index in [1.807, 2.05) is 30.3 Å². The summed E-state index contributed by atoms with van der Waals surface area (Å²) in [5.41, 5.74) is 2.05. The van der Waals surface area contributed by atoms with Gasteiger partial charge in [-0.1, -0.05) is 30.3 Å². The minimum Gasteiger partial charge on any atom is -0.497 e. The maximum absolute atomic E-state index is 12.7. The molecule has 0 aliphatic carbocycles. The predicted molar refractivity (Wildman–Crippen MR) is 133 cm³/mol. The third-order valence-corrected chi connectivity index (χ3v) is 5.83. The van der Waals surface area contributed by atoms with Crippen LogP contribution in [-0.2, 0) is 9.53 Å². The van der Waals surface area contributed by atoms with E-state index in [2.05, 4.69) is 10.2 Å². The van der Waals surface area contributed by atoms with Gasteiger partial charge < -0.3 is 24.6 Å². The summed E-state index contributed by atoms with van der Waals surface area (Å²) >= 11 is 0. The van der Waals surface area contributed by atoms with E-state index in [1.54, 1.807) is 60.5 Å². The summed E-state index contributed by atoms with van der Waals surface area (Å²) < 4.78 is 10.5. The van der Waals surface area contributed by atoms with E-state index in [4.69, 9.17) is 9.47 Å². The monoisotopic (exact) mass is 473 g/mol. The topological polar surface area (TPSA) is 88.2 Å². The fraction of sp³-hybridized carbons (Fsp3) is 0.222. The van der Waals surface area contributed by atoms with Crippen LogP contribution >= 0.6 is 0 Å². The predicted octanol–water partition coefficient (Wildman–Crippen LogP) is 3.45. The Morgan fingerprint density at radius 1 is 0.829 bits per heavy atom. The van der Waals surface area contributed by atoms with Crippen molar-refractivity contribution in [3.05, 3.63) is 90.0 Å². The lowest BCUT2D eigenvalue weighted by Gasteiger charge is -2.36. The molecule has 0 saturated carbocycles. The molecule has 1 aliphatic heterocycles. The Bertz CT molecular complexity index is 1170. The Balaban J connectivity index is 1.29. The molecule has 0 bridgehead atoms. The molecule has 1 aliphatic rings. The summed E-state index contributed by atoms with van der Waals surface area (Å²) in [4.78, 5) is 41.7. The average Bonchev–Trinajstić information content (AvgIpc) is 2.92. The molecule has 4 rings (SSSR count). The average molecular weight is 474 g/mol. The van der Waals surface area contributed by atoms with Crippen molar-refractivity contribution in [1.82, 2.24) is 4.90 Å². The Kier molecular flexibility index (Phi) is 7.62. The zero-order chi connectivity index (χ0) is 24.6. The van der Waals surface area contributed by atoms with Crippen LogP contribution in [0, 0.1) is 0 Å². The number of hydrogen-bond donors (Lipinski definition) is 1. The standard InChI is InChI=1S/C27H27N3O5/c1-34-22-13-11-21(12-14-22)29-15-17-30(18-16-29)25(31)19-35-27(33)23-9-5-6-10-24(23)28-26(32)20-7-3-2-4-8-20/h2-14H,15-19H2,1H3,(H,28,32). The Morgan fingerprint density at radius 3 is 2.17 bits per heavy atom. The number of anilines is 2. The van der Waals surface area contributed by atoms with Gasteiger partial charge >= 0.3 is 5.97 Å². The lowest BCUT2D eigenvalue weighted by atomic mass is 10.1. The number of esters is 1. The highest BCUT2D eigenvalue weighted by Crippen LogP contribution is 2.21. The molecule has 0 aromatic heterocycles. The molecular formula is C27H27N3O5. The third kappa shape index (κ3) is 5.97. The van der Waals surface area contributed by atoms with E-state index in [0.717, 1.165) is 11.4 Å². The van der Waals surface area contributed by atoms with E-state index in [-0.39, 0.29) is 24.0 Å². The quantitative estimate of drug-likeness (QED) is 0.529. The third-order valence-electron chi connectivity index (χ3n) is 5.83. The summed E-state index contributed by atoms with van der Waals surface area (Å²) in [5.74, 6) is -0.458. The molecule has 3 aromatic rings. The molecule has 8 nitrogen and oxygen atoms in total. The first-order valence-corrected chi connectivity index (χ1v) is 11.3. The lowest BCUT2D eigenvalue weighted by molar-refractivity contribution is -0.134. The van der Waals surface area contributed by atoms with E-state index in [9.17, 15) is 14.4 Å². The molecule has 0 atom stereocenters. The van der Waals surface area contributed by atoms with Crippen molar-refractivity contribution >= 4 is 29.2 Å². The highest BCUT2D eigenvalue weighted by atomic mass is 16.5. The van der Waals surface area contributed by atoms with Gasteiger partial charge in [0.2, 0.25) is 0 Å². The van der Waals surface area contributed by atoms with Crippen molar-refractivity contribution in [2.45, 2.75) is 0 Å². The molecule has 1 fully saturated rings. The van der Waals surface area contributed by atoms with Gasteiger partial charge in [-0.15, -0.1) is 0 Å². The van der Waals surface area contributed by atoms with E-state index in [0.29, 0.717) is 37.4 Å². The number of rotatable bonds is 7. The van der Waals surface area contributed by atoms with Crippen molar-refractivity contribution in [2.75, 3.05) is 50.1 Å². The van der Waals surface area contributed by atoms with Crippen LogP contribution in [0.4, 0.5) is 11.4 Å². The van der Waals surface area contributed by atoms with Crippen LogP contribution in [0.3, 0.4) is 0 Å². The van der Waals surface area contributed by atoms with Gasteiger partial charge in [-0.25, -0.2) is 4.79 Å². The first kappa shape index (κ1) is 23.8. The van der Waals surface area contributed by atoms with Gasteiger partial charge in [0.15, 0.2) is 6.61 Å². The van der Waals surface area contributed by atoms with Gasteiger partial charge in [-0.05, 0) is 48.5 Å². The summed E-state index contributed by atoms with van der Waals surface area (Å²) in [6, 6.07) is 23.1. The molecule has 180 valence electrons. The van der Waals surface area contributed by atoms with Crippen molar-refractivity contribution < 1.29 is 23.9 Å². The van der Waals surface area contributed by atoms with Crippen molar-refractivity contribution in [3.63, 3.8) is 0 Å². The number of amides is 2. The summed E-state index contributed by atoms with van der Waals surface area (Å²) in [5, 5.41) is 2.74. The SMILES string of the molecule is COc1ccc(N2CCN(C(=O)COC(=O)c3ccccc3NC(=O)c3ccccc3)CC2)cc1. The summed E-state index contributed by atoms with van der Waals surface area (Å²) in [7, 11) is 1.63. The number of piperazine rings is 1. The van der Waals surface area contributed by atoms with Crippen LogP contribution in [0.2, 0.25) is 0 Å². The van der Waals surface area contributed by atoms with Crippen LogP contribution in [0.25, 0.3) is 0 Å². The number of methoxy groups -OCH3 is 1. The molecule has 0 unspecified atom stereocenters. The van der Waals surface area contributed by atoms with Gasteiger partial charge in [0.1, 0.15) is 5.75 Å². The number of nitrogens with one attached hydrogen (secondary N) is 1. The minimum absolute atomic E-state index is 0.189. The highest BCUT2D eigenvalue weighted by Gasteiger charge is 2.23. The van der Waals surface area contributed by atoms with Crippen LogP contribution in [0.1, 0.15) is 20.7 Å². The van der Waals surface area contributed by atoms with Crippen molar-refractivity contribution in [1.29, 1.82) is 0 Å². The fourth-order valence-corrected chi connectivity index (χ4v) is 3.86. The molecule has 1 N–H and O–H groups in total. The largest absolute Gasteiger partial charge is 0.497 e. The first-order chi connectivity index (χ1) is 17.0. The molecule has 1 heterocycles. The highest BCUT2D eigenvalue weighted by molar-refractivity contribution is 6.08. The first-order valence-electron chi connectivity index (χ1n) is 11.3. The molecule has 0 radical (unpaired) electrons. The Morgan fingerprint density at radius 2 is 1.49 bits per heavy atom. The van der Waals surface area contributed by atoms with Gasteiger partial charge in [-0.3, -0.25) is 9.59 Å². The number of carbonyl (C=O) groups is 3. The number of benzene rings is 3. The smallest absolute Gasteiger partial charge is 0.340 e. The fourth-order valence-electron chi connectivity index (χ4n) is 3.86. The van der Waals surface area contributed by atoms with Crippen LogP contribution < -0.4 is 15.0 Å². The zero-order valence-corrected chi connectivity index (χ0v) is 19.5. The zero-order valence-electron chi connectivity index (χ0n) is 19.5. The minimum atomic E-state index is -0.667. The van der Waals surface area contributed by atoms with Gasteiger partial charge in [-0.2, -0.15) is 0 Å². The normalized spacial score (nSPS) is 13.2. The second-order valence-corrected chi connectivity index (χ2v) is 8.01. The maximum atomic E-state index is 12.7. The summed E-state index contributed by atoms with van der Waals surface area (Å²) in [6.07, 6.45) is 0. The molecule has 35 heavy (non-hydrogen) atoms. The van der Waals surface area contributed by atoms with Crippen molar-refractivity contribution in [2.24, 2.45) is 0 Å². The van der Waals surface area contributed by atoms with E-state index in [1.165, 1.54) is 0 Å². The van der Waals surface area contributed by atoms with Crippen LogP contribution in [0.5, 0.6) is 5.75 Å². The molecule has 8 heteroatoms. The number of para-hydroxylation sites is 1. The second-order valence-electron chi connectivity index (χ2n) is 8.01. The summed E-state index contributed by atoms with van der Waals surface area (Å²) in [6.45, 7) is 2.07. The van der Waals surface area contributed by atoms with Crippen molar-refractivity contribution in [3.8, 4) is 5.75 Å². The van der Waals surface area contributed by atoms with Crippen LogP contribution in [-0.4, -0.2) is 62.6 Å². The number of ether oxygens (including phenoxy) is 2. The molecule has 3 aromatic carbocycles. The van der Waals surface area contributed by atoms with Gasteiger partial charge in [0, 0.05) is 37.4 Å². The second kappa shape index (κ2) is 11.2. The number of hydrogen-bond acceptors (Lipinski definition) is 6. The number of carbonyl (C=O) groups excluding carboxylic acids is 3. The van der Waals surface area contributed by atoms with E-state index >= 15 is 0 Å². The lowest BCUT2D eigenvalue weighted by Crippen LogP contribution is -2.49. The Labute approximate surface area is 204 Å².